The Morgan fingerprint density at radius 1 is 1.30 bits per heavy atom. The smallest absolute Gasteiger partial charge is 0.312 e. The van der Waals surface area contributed by atoms with Crippen molar-refractivity contribution in [2.24, 2.45) is 0 Å². The first-order valence-electron chi connectivity index (χ1n) is 7.12. The Kier molecular flexibility index (Phi) is 3.44. The van der Waals surface area contributed by atoms with Gasteiger partial charge in [-0.1, -0.05) is 18.6 Å². The van der Waals surface area contributed by atoms with Crippen LogP contribution >= 0.6 is 0 Å². The molecule has 2 heterocycles. The van der Waals surface area contributed by atoms with Gasteiger partial charge in [0.15, 0.2) is 0 Å². The molecule has 2 aromatic rings. The number of aromatic nitrogens is 2. The van der Waals surface area contributed by atoms with E-state index in [9.17, 15) is 9.59 Å². The Bertz CT molecular complexity index is 739. The van der Waals surface area contributed by atoms with E-state index in [4.69, 9.17) is 0 Å². The highest BCUT2D eigenvalue weighted by Crippen LogP contribution is 2.11. The fourth-order valence-corrected chi connectivity index (χ4v) is 2.93. The average Bonchev–Trinajstić information content (AvgIpc) is 2.44. The number of benzene rings is 1. The van der Waals surface area contributed by atoms with E-state index in [1.165, 1.54) is 11.0 Å². The number of aromatic amines is 1. The number of nitrogens with one attached hydrogen (secondary N) is 2. The van der Waals surface area contributed by atoms with Gasteiger partial charge in [0.2, 0.25) is 0 Å². The second kappa shape index (κ2) is 5.25. The zero-order chi connectivity index (χ0) is 14.1. The molecule has 1 unspecified atom stereocenters. The van der Waals surface area contributed by atoms with Gasteiger partial charge in [-0.05, 0) is 37.9 Å². The van der Waals surface area contributed by atoms with Gasteiger partial charge < -0.3 is 10.3 Å². The zero-order valence-corrected chi connectivity index (χ0v) is 11.6. The Labute approximate surface area is 116 Å². The van der Waals surface area contributed by atoms with Crippen LogP contribution in [0.5, 0.6) is 0 Å². The van der Waals surface area contributed by atoms with Gasteiger partial charge in [-0.25, -0.2) is 4.79 Å². The highest BCUT2D eigenvalue weighted by atomic mass is 16.2. The van der Waals surface area contributed by atoms with Crippen molar-refractivity contribution in [2.45, 2.75) is 38.8 Å². The van der Waals surface area contributed by atoms with Crippen LogP contribution < -0.4 is 16.6 Å². The fourth-order valence-electron chi connectivity index (χ4n) is 2.93. The molecule has 0 aliphatic carbocycles. The Balaban J connectivity index is 2.08. The number of rotatable bonds is 2. The molecular weight excluding hydrogens is 254 g/mol. The van der Waals surface area contributed by atoms with Crippen LogP contribution in [0, 0.1) is 6.92 Å². The van der Waals surface area contributed by atoms with Gasteiger partial charge in [0.25, 0.3) is 5.56 Å². The van der Waals surface area contributed by atoms with Crippen LogP contribution in [0.4, 0.5) is 0 Å². The Morgan fingerprint density at radius 2 is 2.15 bits per heavy atom. The van der Waals surface area contributed by atoms with Crippen molar-refractivity contribution < 1.29 is 0 Å². The Hall–Kier alpha value is -1.88. The molecule has 3 rings (SSSR count). The molecule has 0 radical (unpaired) electrons. The molecule has 5 heteroatoms. The summed E-state index contributed by atoms with van der Waals surface area (Å²) >= 11 is 0. The Morgan fingerprint density at radius 3 is 2.90 bits per heavy atom. The first-order valence-corrected chi connectivity index (χ1v) is 7.12. The van der Waals surface area contributed by atoms with Crippen molar-refractivity contribution in [3.8, 4) is 0 Å². The second-order valence-corrected chi connectivity index (χ2v) is 5.49. The van der Waals surface area contributed by atoms with Gasteiger partial charge in [-0.3, -0.25) is 9.36 Å². The SMILES string of the molecule is Cc1cccc2[nH]c(=O)n(CC3CCCCN3)c(=O)c12. The summed E-state index contributed by atoms with van der Waals surface area (Å²) in [6, 6.07) is 5.73. The van der Waals surface area contributed by atoms with Crippen molar-refractivity contribution >= 4 is 10.9 Å². The van der Waals surface area contributed by atoms with Gasteiger partial charge >= 0.3 is 5.69 Å². The van der Waals surface area contributed by atoms with E-state index in [1.54, 1.807) is 6.07 Å². The molecule has 1 saturated heterocycles. The van der Waals surface area contributed by atoms with Gasteiger partial charge in [-0.15, -0.1) is 0 Å². The lowest BCUT2D eigenvalue weighted by atomic mass is 10.0. The van der Waals surface area contributed by atoms with Gasteiger partial charge in [0, 0.05) is 12.6 Å². The van der Waals surface area contributed by atoms with Crippen molar-refractivity contribution in [1.82, 2.24) is 14.9 Å². The summed E-state index contributed by atoms with van der Waals surface area (Å²) in [5.74, 6) is 0. The lowest BCUT2D eigenvalue weighted by molar-refractivity contribution is 0.355. The van der Waals surface area contributed by atoms with Gasteiger partial charge in [0.1, 0.15) is 0 Å². The molecule has 2 N–H and O–H groups in total. The molecule has 0 spiro atoms. The quantitative estimate of drug-likeness (QED) is 0.862. The lowest BCUT2D eigenvalue weighted by Crippen LogP contribution is -2.44. The number of fused-ring (bicyclic) bond motifs is 1. The molecule has 1 fully saturated rings. The van der Waals surface area contributed by atoms with Crippen molar-refractivity contribution in [1.29, 1.82) is 0 Å². The predicted molar refractivity (Wildman–Crippen MR) is 79.2 cm³/mol. The molecule has 20 heavy (non-hydrogen) atoms. The van der Waals surface area contributed by atoms with Crippen LogP contribution in [0.2, 0.25) is 0 Å². The summed E-state index contributed by atoms with van der Waals surface area (Å²) in [7, 11) is 0. The van der Waals surface area contributed by atoms with Crippen LogP contribution in [0.3, 0.4) is 0 Å². The molecule has 106 valence electrons. The number of hydrogen-bond donors (Lipinski definition) is 2. The number of nitrogens with zero attached hydrogens (tertiary/aromatic N) is 1. The van der Waals surface area contributed by atoms with Gasteiger partial charge in [-0.2, -0.15) is 0 Å². The van der Waals surface area contributed by atoms with Crippen LogP contribution in [-0.2, 0) is 6.54 Å². The molecule has 1 aromatic carbocycles. The van der Waals surface area contributed by atoms with E-state index in [0.29, 0.717) is 17.4 Å². The predicted octanol–water partition coefficient (Wildman–Crippen LogP) is 1.14. The summed E-state index contributed by atoms with van der Waals surface area (Å²) in [5.41, 5.74) is 1.01. The van der Waals surface area contributed by atoms with Crippen LogP contribution in [0.25, 0.3) is 10.9 Å². The summed E-state index contributed by atoms with van der Waals surface area (Å²) in [5, 5.41) is 3.99. The third kappa shape index (κ3) is 2.29. The molecule has 1 atom stereocenters. The molecule has 1 aliphatic rings. The fraction of sp³-hybridized carbons (Fsp3) is 0.467. The van der Waals surface area contributed by atoms with Crippen molar-refractivity contribution in [2.75, 3.05) is 6.54 Å². The van der Waals surface area contributed by atoms with Crippen molar-refractivity contribution in [3.63, 3.8) is 0 Å². The maximum atomic E-state index is 12.6. The summed E-state index contributed by atoms with van der Waals surface area (Å²) in [4.78, 5) is 27.5. The average molecular weight is 273 g/mol. The number of piperidine rings is 1. The first-order chi connectivity index (χ1) is 9.66. The first kappa shape index (κ1) is 13.1. The summed E-state index contributed by atoms with van der Waals surface area (Å²) in [6.45, 7) is 3.30. The van der Waals surface area contributed by atoms with E-state index in [1.807, 2.05) is 19.1 Å². The molecule has 0 bridgehead atoms. The molecule has 1 aromatic heterocycles. The maximum absolute atomic E-state index is 12.6. The molecular formula is C15H19N3O2. The van der Waals surface area contributed by atoms with Crippen LogP contribution in [-0.4, -0.2) is 22.1 Å². The largest absolute Gasteiger partial charge is 0.328 e. The topological polar surface area (TPSA) is 66.9 Å². The van der Waals surface area contributed by atoms with Crippen LogP contribution in [0.1, 0.15) is 24.8 Å². The minimum atomic E-state index is -0.319. The summed E-state index contributed by atoms with van der Waals surface area (Å²) in [6.07, 6.45) is 3.33. The van der Waals surface area contributed by atoms with Gasteiger partial charge in [0.05, 0.1) is 10.9 Å². The molecule has 0 amide bonds. The highest BCUT2D eigenvalue weighted by molar-refractivity contribution is 5.80. The number of H-pyrrole nitrogens is 1. The van der Waals surface area contributed by atoms with E-state index < -0.39 is 0 Å². The van der Waals surface area contributed by atoms with Crippen molar-refractivity contribution in [3.05, 3.63) is 44.6 Å². The monoisotopic (exact) mass is 273 g/mol. The van der Waals surface area contributed by atoms with E-state index in [-0.39, 0.29) is 17.3 Å². The minimum Gasteiger partial charge on any atom is -0.312 e. The molecule has 5 nitrogen and oxygen atoms in total. The number of aryl methyl sites for hydroxylation is 1. The minimum absolute atomic E-state index is 0.186. The van der Waals surface area contributed by atoms with E-state index in [2.05, 4.69) is 10.3 Å². The van der Waals surface area contributed by atoms with Crippen LogP contribution in [0.15, 0.2) is 27.8 Å². The van der Waals surface area contributed by atoms with E-state index >= 15 is 0 Å². The third-order valence-electron chi connectivity index (χ3n) is 4.03. The highest BCUT2D eigenvalue weighted by Gasteiger charge is 2.16. The zero-order valence-electron chi connectivity index (χ0n) is 11.6. The second-order valence-electron chi connectivity index (χ2n) is 5.49. The lowest BCUT2D eigenvalue weighted by Gasteiger charge is -2.23. The summed E-state index contributed by atoms with van der Waals surface area (Å²) < 4.78 is 1.33. The number of hydrogen-bond acceptors (Lipinski definition) is 3. The maximum Gasteiger partial charge on any atom is 0.328 e. The van der Waals surface area contributed by atoms with E-state index in [0.717, 1.165) is 24.9 Å². The molecule has 0 saturated carbocycles. The third-order valence-corrected chi connectivity index (χ3v) is 4.03. The standard InChI is InChI=1S/C15H19N3O2/c1-10-5-4-7-12-13(10)14(19)18(15(20)17-12)9-11-6-2-3-8-16-11/h4-5,7,11,16H,2-3,6,8-9H2,1H3,(H,17,20). The molecule has 1 aliphatic heterocycles. The normalized spacial score (nSPS) is 19.4.